The average Bonchev–Trinajstić information content (AvgIpc) is 2.70. The summed E-state index contributed by atoms with van der Waals surface area (Å²) in [7, 11) is 1.80. The first-order chi connectivity index (χ1) is 13.9. The summed E-state index contributed by atoms with van der Waals surface area (Å²) in [5.74, 6) is 0.736. The van der Waals surface area contributed by atoms with Crippen molar-refractivity contribution >= 4 is 28.7 Å². The zero-order valence-corrected chi connectivity index (χ0v) is 17.5. The number of benzene rings is 2. The van der Waals surface area contributed by atoms with Crippen molar-refractivity contribution in [2.24, 2.45) is 0 Å². The molecule has 0 radical (unpaired) electrons. The van der Waals surface area contributed by atoms with E-state index in [9.17, 15) is 4.79 Å². The molecule has 1 N–H and O–H groups in total. The lowest BCUT2D eigenvalue weighted by molar-refractivity contribution is -0.126. The molecule has 1 saturated heterocycles. The van der Waals surface area contributed by atoms with Crippen LogP contribution in [0.2, 0.25) is 0 Å². The van der Waals surface area contributed by atoms with Gasteiger partial charge in [-0.05, 0) is 56.7 Å². The summed E-state index contributed by atoms with van der Waals surface area (Å²) in [5, 5.41) is 3.43. The van der Waals surface area contributed by atoms with Crippen molar-refractivity contribution in [3.8, 4) is 5.75 Å². The highest BCUT2D eigenvalue weighted by Gasteiger charge is 2.31. The quantitative estimate of drug-likeness (QED) is 0.842. The predicted molar refractivity (Wildman–Crippen MR) is 117 cm³/mol. The molecule has 3 atom stereocenters. The van der Waals surface area contributed by atoms with Crippen LogP contribution in [0.15, 0.2) is 42.5 Å². The molecular formula is C23H29N3O3. The lowest BCUT2D eigenvalue weighted by atomic mass is 10.1. The first-order valence-corrected chi connectivity index (χ1v) is 10.3. The molecule has 0 spiro atoms. The average molecular weight is 396 g/mol. The lowest BCUT2D eigenvalue weighted by Gasteiger charge is -2.36. The Balaban J connectivity index is 1.48. The van der Waals surface area contributed by atoms with Crippen LogP contribution < -0.4 is 19.9 Å². The molecule has 2 aliphatic rings. The molecule has 0 bridgehead atoms. The molecule has 3 unspecified atom stereocenters. The van der Waals surface area contributed by atoms with Gasteiger partial charge in [0.1, 0.15) is 5.75 Å². The summed E-state index contributed by atoms with van der Waals surface area (Å²) in [6.07, 6.45) is 0.717. The minimum atomic E-state index is -0.416. The summed E-state index contributed by atoms with van der Waals surface area (Å²) in [4.78, 5) is 16.3. The standard InChI is InChI=1S/C23H29N3O3/c1-5-21-23(27)25(4)20-11-8-18(12-22(20)29-21)24-17-6-9-19(10-7-17)26-13-15(2)28-16(3)14-26/h6-12,15-16,21,24H,5,13-14H2,1-4H3. The summed E-state index contributed by atoms with van der Waals surface area (Å²) in [6, 6.07) is 14.3. The van der Waals surface area contributed by atoms with Crippen molar-refractivity contribution in [1.82, 2.24) is 0 Å². The highest BCUT2D eigenvalue weighted by Crippen LogP contribution is 2.37. The second-order valence-corrected chi connectivity index (χ2v) is 7.93. The third-order valence-electron chi connectivity index (χ3n) is 5.51. The number of carbonyl (C=O) groups is 1. The van der Waals surface area contributed by atoms with E-state index in [-0.39, 0.29) is 18.1 Å². The van der Waals surface area contributed by atoms with Gasteiger partial charge in [0.25, 0.3) is 5.91 Å². The van der Waals surface area contributed by atoms with Crippen molar-refractivity contribution in [3.63, 3.8) is 0 Å². The zero-order chi connectivity index (χ0) is 20.5. The molecule has 2 aromatic rings. The topological polar surface area (TPSA) is 54.0 Å². The minimum absolute atomic E-state index is 0.00282. The fraction of sp³-hybridized carbons (Fsp3) is 0.435. The van der Waals surface area contributed by atoms with E-state index in [2.05, 4.69) is 48.3 Å². The van der Waals surface area contributed by atoms with Crippen LogP contribution in [0, 0.1) is 0 Å². The molecular weight excluding hydrogens is 366 g/mol. The minimum Gasteiger partial charge on any atom is -0.478 e. The van der Waals surface area contributed by atoms with Crippen LogP contribution in [0.1, 0.15) is 27.2 Å². The van der Waals surface area contributed by atoms with Crippen molar-refractivity contribution in [1.29, 1.82) is 0 Å². The van der Waals surface area contributed by atoms with Gasteiger partial charge in [0.2, 0.25) is 0 Å². The third-order valence-corrected chi connectivity index (χ3v) is 5.51. The van der Waals surface area contributed by atoms with Gasteiger partial charge >= 0.3 is 0 Å². The van der Waals surface area contributed by atoms with E-state index in [0.29, 0.717) is 6.42 Å². The number of hydrogen-bond donors (Lipinski definition) is 1. The van der Waals surface area contributed by atoms with Crippen molar-refractivity contribution in [2.75, 3.05) is 35.3 Å². The van der Waals surface area contributed by atoms with Crippen molar-refractivity contribution in [3.05, 3.63) is 42.5 Å². The Bertz CT molecular complexity index is 873. The van der Waals surface area contributed by atoms with Crippen LogP contribution in [0.25, 0.3) is 0 Å². The maximum atomic E-state index is 12.3. The largest absolute Gasteiger partial charge is 0.478 e. The van der Waals surface area contributed by atoms with E-state index in [1.807, 2.05) is 25.1 Å². The number of ether oxygens (including phenoxy) is 2. The molecule has 0 aromatic heterocycles. The number of morpholine rings is 1. The van der Waals surface area contributed by atoms with Crippen LogP contribution in [0.5, 0.6) is 5.75 Å². The second-order valence-electron chi connectivity index (χ2n) is 7.93. The fourth-order valence-electron chi connectivity index (χ4n) is 4.07. The van der Waals surface area contributed by atoms with E-state index in [1.54, 1.807) is 11.9 Å². The van der Waals surface area contributed by atoms with E-state index in [4.69, 9.17) is 9.47 Å². The number of amides is 1. The predicted octanol–water partition coefficient (Wildman–Crippen LogP) is 4.18. The molecule has 2 heterocycles. The fourth-order valence-corrected chi connectivity index (χ4v) is 4.07. The van der Waals surface area contributed by atoms with E-state index in [0.717, 1.165) is 35.9 Å². The highest BCUT2D eigenvalue weighted by molar-refractivity contribution is 5.99. The Morgan fingerprint density at radius 1 is 1.03 bits per heavy atom. The smallest absolute Gasteiger partial charge is 0.267 e. The van der Waals surface area contributed by atoms with Gasteiger partial charge in [0.15, 0.2) is 6.10 Å². The van der Waals surface area contributed by atoms with Crippen LogP contribution >= 0.6 is 0 Å². The molecule has 1 amide bonds. The number of hydrogen-bond acceptors (Lipinski definition) is 5. The molecule has 6 nitrogen and oxygen atoms in total. The molecule has 4 rings (SSSR count). The van der Waals surface area contributed by atoms with Crippen molar-refractivity contribution in [2.45, 2.75) is 45.5 Å². The number of carbonyl (C=O) groups excluding carboxylic acids is 1. The maximum Gasteiger partial charge on any atom is 0.267 e. The van der Waals surface area contributed by atoms with E-state index >= 15 is 0 Å². The monoisotopic (exact) mass is 395 g/mol. The Kier molecular flexibility index (Phi) is 5.37. The number of rotatable bonds is 4. The molecule has 2 aliphatic heterocycles. The van der Waals surface area contributed by atoms with Crippen LogP contribution in [0.3, 0.4) is 0 Å². The maximum absolute atomic E-state index is 12.3. The van der Waals surface area contributed by atoms with Crippen molar-refractivity contribution < 1.29 is 14.3 Å². The highest BCUT2D eigenvalue weighted by atomic mass is 16.5. The zero-order valence-electron chi connectivity index (χ0n) is 17.5. The van der Waals surface area contributed by atoms with E-state index < -0.39 is 6.10 Å². The van der Waals surface area contributed by atoms with Crippen LogP contribution in [-0.2, 0) is 9.53 Å². The molecule has 1 fully saturated rings. The molecule has 0 aliphatic carbocycles. The normalized spacial score (nSPS) is 24.1. The molecule has 0 saturated carbocycles. The molecule has 6 heteroatoms. The lowest BCUT2D eigenvalue weighted by Crippen LogP contribution is -2.45. The van der Waals surface area contributed by atoms with Gasteiger partial charge in [0.05, 0.1) is 17.9 Å². The van der Waals surface area contributed by atoms with Gasteiger partial charge in [-0.3, -0.25) is 4.79 Å². The van der Waals surface area contributed by atoms with E-state index in [1.165, 1.54) is 5.69 Å². The van der Waals surface area contributed by atoms with Gasteiger partial charge in [-0.2, -0.15) is 0 Å². The molecule has 29 heavy (non-hydrogen) atoms. The number of likely N-dealkylation sites (N-methyl/N-ethyl adjacent to an activating group) is 1. The Morgan fingerprint density at radius 2 is 1.69 bits per heavy atom. The SMILES string of the molecule is CCC1Oc2cc(Nc3ccc(N4CC(C)OC(C)C4)cc3)ccc2N(C)C1=O. The number of fused-ring (bicyclic) bond motifs is 1. The number of nitrogens with one attached hydrogen (secondary N) is 1. The summed E-state index contributed by atoms with van der Waals surface area (Å²) in [6.45, 7) is 8.00. The van der Waals surface area contributed by atoms with Crippen LogP contribution in [-0.4, -0.2) is 44.4 Å². The van der Waals surface area contributed by atoms with Gasteiger partial charge in [-0.15, -0.1) is 0 Å². The van der Waals surface area contributed by atoms with Gasteiger partial charge < -0.3 is 24.6 Å². The second kappa shape index (κ2) is 7.95. The van der Waals surface area contributed by atoms with Gasteiger partial charge in [-0.25, -0.2) is 0 Å². The van der Waals surface area contributed by atoms with Crippen LogP contribution in [0.4, 0.5) is 22.7 Å². The Morgan fingerprint density at radius 3 is 2.34 bits per heavy atom. The number of anilines is 4. The van der Waals surface area contributed by atoms with Gasteiger partial charge in [0, 0.05) is 43.3 Å². The molecule has 154 valence electrons. The summed E-state index contributed by atoms with van der Waals surface area (Å²) < 4.78 is 11.7. The summed E-state index contributed by atoms with van der Waals surface area (Å²) >= 11 is 0. The first kappa shape index (κ1) is 19.6. The Labute approximate surface area is 172 Å². The first-order valence-electron chi connectivity index (χ1n) is 10.3. The number of nitrogens with zero attached hydrogens (tertiary/aromatic N) is 2. The molecule has 2 aromatic carbocycles. The summed E-state index contributed by atoms with van der Waals surface area (Å²) in [5.41, 5.74) is 3.95. The Hall–Kier alpha value is -2.73. The third kappa shape index (κ3) is 4.03. The van der Waals surface area contributed by atoms with Gasteiger partial charge in [-0.1, -0.05) is 6.92 Å².